The normalized spacial score (nSPS) is 36.6. The molecule has 1 amide bonds. The van der Waals surface area contributed by atoms with E-state index in [0.717, 1.165) is 50.6 Å². The molecule has 1 aliphatic heterocycles. The molecule has 1 saturated heterocycles. The molecule has 1 heterocycles. The fraction of sp³-hybridized carbons (Fsp3) is 0.929. The molecule has 4 heteroatoms. The average Bonchev–Trinajstić information content (AvgIpc) is 2.28. The van der Waals surface area contributed by atoms with Gasteiger partial charge in [0, 0.05) is 12.6 Å². The molecule has 0 radical (unpaired) electrons. The van der Waals surface area contributed by atoms with Gasteiger partial charge < -0.3 is 10.6 Å². The molecule has 2 rings (SSSR count). The Hall–Kier alpha value is -0.280. The van der Waals surface area contributed by atoms with Crippen LogP contribution in [0.5, 0.6) is 0 Å². The van der Waals surface area contributed by atoms with Crippen molar-refractivity contribution in [3.05, 3.63) is 0 Å². The SMILES string of the molecule is CC1CC(C)CC(NC(=O)C2CCCNC2)C1.Cl. The van der Waals surface area contributed by atoms with E-state index in [9.17, 15) is 4.79 Å². The molecule has 0 aromatic heterocycles. The summed E-state index contributed by atoms with van der Waals surface area (Å²) in [4.78, 5) is 12.1. The summed E-state index contributed by atoms with van der Waals surface area (Å²) in [7, 11) is 0. The van der Waals surface area contributed by atoms with Gasteiger partial charge in [-0.3, -0.25) is 4.79 Å². The number of hydrogen-bond donors (Lipinski definition) is 2. The van der Waals surface area contributed by atoms with E-state index in [1.807, 2.05) is 0 Å². The van der Waals surface area contributed by atoms with Crippen LogP contribution in [0.25, 0.3) is 0 Å². The van der Waals surface area contributed by atoms with E-state index >= 15 is 0 Å². The van der Waals surface area contributed by atoms with Crippen molar-refractivity contribution in [1.29, 1.82) is 0 Å². The van der Waals surface area contributed by atoms with Gasteiger partial charge in [0.2, 0.25) is 5.91 Å². The third-order valence-electron chi connectivity index (χ3n) is 4.19. The molecule has 3 atom stereocenters. The van der Waals surface area contributed by atoms with Crippen molar-refractivity contribution in [2.45, 2.75) is 52.0 Å². The first-order valence-corrected chi connectivity index (χ1v) is 7.16. The van der Waals surface area contributed by atoms with Crippen molar-refractivity contribution in [2.24, 2.45) is 17.8 Å². The summed E-state index contributed by atoms with van der Waals surface area (Å²) in [6.07, 6.45) is 5.83. The van der Waals surface area contributed by atoms with E-state index in [0.29, 0.717) is 6.04 Å². The molecule has 0 bridgehead atoms. The smallest absolute Gasteiger partial charge is 0.224 e. The highest BCUT2D eigenvalue weighted by atomic mass is 35.5. The lowest BCUT2D eigenvalue weighted by molar-refractivity contribution is -0.126. The highest BCUT2D eigenvalue weighted by molar-refractivity contribution is 5.85. The highest BCUT2D eigenvalue weighted by Crippen LogP contribution is 2.28. The molecular weight excluding hydrogens is 248 g/mol. The molecule has 1 aliphatic carbocycles. The number of hydrogen-bond acceptors (Lipinski definition) is 2. The van der Waals surface area contributed by atoms with Gasteiger partial charge in [0.15, 0.2) is 0 Å². The summed E-state index contributed by atoms with van der Waals surface area (Å²) in [6.45, 7) is 6.54. The Balaban J connectivity index is 0.00000162. The van der Waals surface area contributed by atoms with Crippen LogP contribution in [0.3, 0.4) is 0 Å². The van der Waals surface area contributed by atoms with Crippen LogP contribution in [0, 0.1) is 17.8 Å². The van der Waals surface area contributed by atoms with Crippen LogP contribution in [0.2, 0.25) is 0 Å². The molecule has 0 spiro atoms. The lowest BCUT2D eigenvalue weighted by Gasteiger charge is -2.33. The maximum absolute atomic E-state index is 12.1. The predicted molar refractivity (Wildman–Crippen MR) is 77.0 cm³/mol. The van der Waals surface area contributed by atoms with E-state index in [1.165, 1.54) is 6.42 Å². The number of halogens is 1. The van der Waals surface area contributed by atoms with Crippen LogP contribution >= 0.6 is 12.4 Å². The van der Waals surface area contributed by atoms with Gasteiger partial charge in [-0.2, -0.15) is 0 Å². The Morgan fingerprint density at radius 1 is 1.17 bits per heavy atom. The molecule has 0 aromatic rings. The quantitative estimate of drug-likeness (QED) is 0.812. The largest absolute Gasteiger partial charge is 0.353 e. The van der Waals surface area contributed by atoms with Crippen LogP contribution in [0.4, 0.5) is 0 Å². The van der Waals surface area contributed by atoms with E-state index < -0.39 is 0 Å². The third kappa shape index (κ3) is 4.43. The fourth-order valence-electron chi connectivity index (χ4n) is 3.46. The minimum absolute atomic E-state index is 0. The molecule has 106 valence electrons. The van der Waals surface area contributed by atoms with Crippen LogP contribution in [0.15, 0.2) is 0 Å². The van der Waals surface area contributed by atoms with Gasteiger partial charge in [-0.05, 0) is 50.5 Å². The van der Waals surface area contributed by atoms with Gasteiger partial charge in [0.25, 0.3) is 0 Å². The molecule has 3 unspecified atom stereocenters. The number of carbonyl (C=O) groups is 1. The lowest BCUT2D eigenvalue weighted by atomic mass is 9.80. The summed E-state index contributed by atoms with van der Waals surface area (Å²) >= 11 is 0. The second kappa shape index (κ2) is 7.34. The number of carbonyl (C=O) groups excluding carboxylic acids is 1. The van der Waals surface area contributed by atoms with Crippen molar-refractivity contribution < 1.29 is 4.79 Å². The van der Waals surface area contributed by atoms with Crippen LogP contribution in [0.1, 0.15) is 46.0 Å². The maximum Gasteiger partial charge on any atom is 0.224 e. The highest BCUT2D eigenvalue weighted by Gasteiger charge is 2.28. The molecular formula is C14H27ClN2O. The van der Waals surface area contributed by atoms with E-state index in [2.05, 4.69) is 24.5 Å². The molecule has 2 N–H and O–H groups in total. The van der Waals surface area contributed by atoms with Crippen molar-refractivity contribution in [3.63, 3.8) is 0 Å². The van der Waals surface area contributed by atoms with Gasteiger partial charge in [0.1, 0.15) is 0 Å². The molecule has 2 fully saturated rings. The number of amides is 1. The Labute approximate surface area is 117 Å². The van der Waals surface area contributed by atoms with Crippen LogP contribution in [-0.4, -0.2) is 25.0 Å². The molecule has 0 aromatic carbocycles. The Morgan fingerprint density at radius 2 is 1.83 bits per heavy atom. The second-order valence-electron chi connectivity index (χ2n) is 6.17. The zero-order valence-electron chi connectivity index (χ0n) is 11.6. The second-order valence-corrected chi connectivity index (χ2v) is 6.17. The van der Waals surface area contributed by atoms with Crippen molar-refractivity contribution in [2.75, 3.05) is 13.1 Å². The first-order valence-electron chi connectivity index (χ1n) is 7.16. The summed E-state index contributed by atoms with van der Waals surface area (Å²) in [5.74, 6) is 2.00. The van der Waals surface area contributed by atoms with E-state index in [-0.39, 0.29) is 24.2 Å². The van der Waals surface area contributed by atoms with Gasteiger partial charge in [-0.1, -0.05) is 13.8 Å². The molecule has 3 nitrogen and oxygen atoms in total. The molecule has 2 aliphatic rings. The topological polar surface area (TPSA) is 41.1 Å². The zero-order chi connectivity index (χ0) is 12.3. The van der Waals surface area contributed by atoms with E-state index in [1.54, 1.807) is 0 Å². The minimum atomic E-state index is 0. The summed E-state index contributed by atoms with van der Waals surface area (Å²) in [5, 5.41) is 6.58. The number of piperidine rings is 1. The number of rotatable bonds is 2. The monoisotopic (exact) mass is 274 g/mol. The first-order chi connectivity index (χ1) is 8.15. The summed E-state index contributed by atoms with van der Waals surface area (Å²) in [6, 6.07) is 0.420. The first kappa shape index (κ1) is 15.8. The minimum Gasteiger partial charge on any atom is -0.353 e. The lowest BCUT2D eigenvalue weighted by Crippen LogP contribution is -2.46. The predicted octanol–water partition coefficient (Wildman–Crippen LogP) is 2.35. The van der Waals surface area contributed by atoms with Crippen molar-refractivity contribution in [1.82, 2.24) is 10.6 Å². The van der Waals surface area contributed by atoms with Crippen LogP contribution < -0.4 is 10.6 Å². The van der Waals surface area contributed by atoms with Gasteiger partial charge in [0.05, 0.1) is 5.92 Å². The summed E-state index contributed by atoms with van der Waals surface area (Å²) < 4.78 is 0. The third-order valence-corrected chi connectivity index (χ3v) is 4.19. The Morgan fingerprint density at radius 3 is 2.39 bits per heavy atom. The van der Waals surface area contributed by atoms with Crippen molar-refractivity contribution >= 4 is 18.3 Å². The summed E-state index contributed by atoms with van der Waals surface area (Å²) in [5.41, 5.74) is 0. The van der Waals surface area contributed by atoms with Crippen LogP contribution in [-0.2, 0) is 4.79 Å². The maximum atomic E-state index is 12.1. The zero-order valence-corrected chi connectivity index (χ0v) is 12.4. The fourth-order valence-corrected chi connectivity index (χ4v) is 3.46. The van der Waals surface area contributed by atoms with Gasteiger partial charge in [-0.15, -0.1) is 12.4 Å². The average molecular weight is 275 g/mol. The van der Waals surface area contributed by atoms with Gasteiger partial charge >= 0.3 is 0 Å². The molecule has 1 saturated carbocycles. The van der Waals surface area contributed by atoms with Crippen molar-refractivity contribution in [3.8, 4) is 0 Å². The number of nitrogens with one attached hydrogen (secondary N) is 2. The van der Waals surface area contributed by atoms with Gasteiger partial charge in [-0.25, -0.2) is 0 Å². The Bertz CT molecular complexity index is 257. The molecule has 18 heavy (non-hydrogen) atoms. The van der Waals surface area contributed by atoms with E-state index in [4.69, 9.17) is 0 Å². The standard InChI is InChI=1S/C14H26N2O.ClH/c1-10-6-11(2)8-13(7-10)16-14(17)12-4-3-5-15-9-12;/h10-13,15H,3-9H2,1-2H3,(H,16,17);1H. The Kier molecular flexibility index (Phi) is 6.44.